The van der Waals surface area contributed by atoms with Gasteiger partial charge in [-0.25, -0.2) is 0 Å². The molecule has 0 radical (unpaired) electrons. The predicted molar refractivity (Wildman–Crippen MR) is 82.0 cm³/mol. The first-order chi connectivity index (χ1) is 9.45. The maximum Gasteiger partial charge on any atom is 0.325 e. The van der Waals surface area contributed by atoms with Gasteiger partial charge >= 0.3 is 5.97 Å². The summed E-state index contributed by atoms with van der Waals surface area (Å²) in [6, 6.07) is 4.97. The highest BCUT2D eigenvalue weighted by molar-refractivity contribution is 14.1. The number of carbonyl (C=O) groups excluding carboxylic acids is 1. The number of nitrogens with one attached hydrogen (secondary N) is 1. The molecule has 0 aliphatic carbocycles. The van der Waals surface area contributed by atoms with Crippen LogP contribution in [0.4, 0.5) is 5.69 Å². The predicted octanol–water partition coefficient (Wildman–Crippen LogP) is 2.48. The molecule has 0 fully saturated rings. The quantitative estimate of drug-likeness (QED) is 0.766. The first kappa shape index (κ1) is 14.8. The number of hydrogen-bond acceptors (Lipinski definition) is 3. The number of aliphatic carboxylic acids is 1. The number of benzene rings is 1. The molecule has 2 aromatic rings. The van der Waals surface area contributed by atoms with Crippen molar-refractivity contribution < 1.29 is 14.7 Å². The second-order valence-corrected chi connectivity index (χ2v) is 5.47. The Morgan fingerprint density at radius 1 is 1.45 bits per heavy atom. The van der Waals surface area contributed by atoms with Crippen LogP contribution in [0.1, 0.15) is 10.4 Å². The molecule has 0 bridgehead atoms. The van der Waals surface area contributed by atoms with E-state index in [1.165, 1.54) is 17.1 Å². The van der Waals surface area contributed by atoms with Crippen LogP contribution in [0.2, 0.25) is 5.02 Å². The summed E-state index contributed by atoms with van der Waals surface area (Å²) in [4.78, 5) is 22.5. The lowest BCUT2D eigenvalue weighted by Crippen LogP contribution is -2.12. The molecule has 1 aromatic carbocycles. The van der Waals surface area contributed by atoms with Crippen molar-refractivity contribution in [3.63, 3.8) is 0 Å². The lowest BCUT2D eigenvalue weighted by Gasteiger charge is -2.03. The average Bonchev–Trinajstić information content (AvgIpc) is 2.79. The van der Waals surface area contributed by atoms with Crippen molar-refractivity contribution >= 4 is 51.8 Å². The van der Waals surface area contributed by atoms with Crippen LogP contribution in [0.3, 0.4) is 0 Å². The van der Waals surface area contributed by atoms with Gasteiger partial charge in [0.25, 0.3) is 5.91 Å². The zero-order valence-corrected chi connectivity index (χ0v) is 12.9. The summed E-state index contributed by atoms with van der Waals surface area (Å²) in [5, 5.41) is 15.6. The van der Waals surface area contributed by atoms with Gasteiger partial charge in [0.2, 0.25) is 0 Å². The van der Waals surface area contributed by atoms with Gasteiger partial charge in [-0.15, -0.1) is 0 Å². The van der Waals surface area contributed by atoms with Crippen molar-refractivity contribution in [2.24, 2.45) is 0 Å². The molecule has 2 rings (SSSR count). The van der Waals surface area contributed by atoms with Gasteiger partial charge in [-0.3, -0.25) is 14.3 Å². The van der Waals surface area contributed by atoms with Crippen molar-refractivity contribution in [2.75, 3.05) is 5.32 Å². The van der Waals surface area contributed by atoms with Gasteiger partial charge in [0.15, 0.2) is 0 Å². The Hall–Kier alpha value is -1.61. The molecule has 1 amide bonds. The first-order valence-electron chi connectivity index (χ1n) is 5.46. The Morgan fingerprint density at radius 3 is 2.85 bits per heavy atom. The number of hydrogen-bond donors (Lipinski definition) is 2. The topological polar surface area (TPSA) is 84.2 Å². The Balaban J connectivity index is 2.09. The number of rotatable bonds is 4. The zero-order chi connectivity index (χ0) is 14.7. The van der Waals surface area contributed by atoms with E-state index in [9.17, 15) is 9.59 Å². The van der Waals surface area contributed by atoms with Crippen molar-refractivity contribution in [2.45, 2.75) is 6.54 Å². The first-order valence-corrected chi connectivity index (χ1v) is 6.92. The van der Waals surface area contributed by atoms with Gasteiger partial charge in [-0.05, 0) is 40.8 Å². The van der Waals surface area contributed by atoms with Gasteiger partial charge in [0.1, 0.15) is 6.54 Å². The molecule has 0 atom stereocenters. The molecule has 0 spiro atoms. The van der Waals surface area contributed by atoms with E-state index in [0.29, 0.717) is 16.3 Å². The smallest absolute Gasteiger partial charge is 0.325 e. The summed E-state index contributed by atoms with van der Waals surface area (Å²) in [6.07, 6.45) is 2.83. The van der Waals surface area contributed by atoms with E-state index in [4.69, 9.17) is 16.7 Å². The second kappa shape index (κ2) is 6.23. The number of carboxylic acid groups (broad SMARTS) is 1. The van der Waals surface area contributed by atoms with Crippen LogP contribution in [0.5, 0.6) is 0 Å². The molecule has 0 aliphatic heterocycles. The van der Waals surface area contributed by atoms with Crippen molar-refractivity contribution in [3.05, 3.63) is 44.7 Å². The highest BCUT2D eigenvalue weighted by Gasteiger charge is 2.10. The third-order valence-electron chi connectivity index (χ3n) is 2.37. The fraction of sp³-hybridized carbons (Fsp3) is 0.0833. The Labute approximate surface area is 132 Å². The number of nitrogens with zero attached hydrogens (tertiary/aromatic N) is 2. The van der Waals surface area contributed by atoms with E-state index < -0.39 is 5.97 Å². The Bertz CT molecular complexity index is 672. The Kier molecular flexibility index (Phi) is 4.61. The third-order valence-corrected chi connectivity index (χ3v) is 3.94. The zero-order valence-electron chi connectivity index (χ0n) is 10.0. The molecular formula is C12H9ClIN3O3. The minimum atomic E-state index is -1.00. The lowest BCUT2D eigenvalue weighted by molar-refractivity contribution is -0.137. The number of amides is 1. The summed E-state index contributed by atoms with van der Waals surface area (Å²) in [6.45, 7) is -0.259. The maximum atomic E-state index is 12.0. The van der Waals surface area contributed by atoms with E-state index in [2.05, 4.69) is 33.0 Å². The molecule has 0 saturated carbocycles. The number of aromatic nitrogens is 2. The average molecular weight is 406 g/mol. The van der Waals surface area contributed by atoms with Crippen molar-refractivity contribution in [1.29, 1.82) is 0 Å². The summed E-state index contributed by atoms with van der Waals surface area (Å²) in [5.74, 6) is -1.34. The lowest BCUT2D eigenvalue weighted by atomic mass is 10.2. The molecule has 1 aromatic heterocycles. The summed E-state index contributed by atoms with van der Waals surface area (Å²) in [7, 11) is 0. The van der Waals surface area contributed by atoms with Crippen LogP contribution in [0.15, 0.2) is 30.6 Å². The molecule has 20 heavy (non-hydrogen) atoms. The summed E-state index contributed by atoms with van der Waals surface area (Å²) in [5.41, 5.74) is 0.840. The van der Waals surface area contributed by atoms with Crippen LogP contribution in [-0.2, 0) is 11.3 Å². The molecule has 2 N–H and O–H groups in total. The minimum absolute atomic E-state index is 0.259. The normalized spacial score (nSPS) is 10.3. The van der Waals surface area contributed by atoms with Gasteiger partial charge < -0.3 is 10.4 Å². The van der Waals surface area contributed by atoms with Gasteiger partial charge in [-0.2, -0.15) is 5.10 Å². The van der Waals surface area contributed by atoms with Crippen LogP contribution in [0.25, 0.3) is 0 Å². The summed E-state index contributed by atoms with van der Waals surface area (Å²) >= 11 is 8.02. The SMILES string of the molecule is O=C(O)Cn1cc(NC(=O)c2ccc(I)c(Cl)c2)cn1. The molecule has 6 nitrogen and oxygen atoms in total. The molecule has 0 unspecified atom stereocenters. The van der Waals surface area contributed by atoms with Crippen LogP contribution in [-0.4, -0.2) is 26.8 Å². The van der Waals surface area contributed by atoms with Gasteiger partial charge in [0.05, 0.1) is 16.9 Å². The standard InChI is InChI=1S/C12H9ClIN3O3/c13-9-3-7(1-2-10(9)14)12(20)16-8-4-15-17(5-8)6-11(18)19/h1-5H,6H2,(H,16,20)(H,18,19). The number of carboxylic acids is 1. The molecular weight excluding hydrogens is 397 g/mol. The highest BCUT2D eigenvalue weighted by atomic mass is 127. The molecule has 1 heterocycles. The van der Waals surface area contributed by atoms with Crippen molar-refractivity contribution in [3.8, 4) is 0 Å². The van der Waals surface area contributed by atoms with Crippen molar-refractivity contribution in [1.82, 2.24) is 9.78 Å². The van der Waals surface area contributed by atoms with E-state index >= 15 is 0 Å². The monoisotopic (exact) mass is 405 g/mol. The van der Waals surface area contributed by atoms with E-state index in [0.717, 1.165) is 3.57 Å². The Morgan fingerprint density at radius 2 is 2.20 bits per heavy atom. The summed E-state index contributed by atoms with van der Waals surface area (Å²) < 4.78 is 2.08. The third kappa shape index (κ3) is 3.70. The van der Waals surface area contributed by atoms with E-state index in [1.54, 1.807) is 18.2 Å². The van der Waals surface area contributed by atoms with Crippen LogP contribution >= 0.6 is 34.2 Å². The van der Waals surface area contributed by atoms with Gasteiger partial charge in [-0.1, -0.05) is 11.6 Å². The molecule has 8 heteroatoms. The fourth-order valence-corrected chi connectivity index (χ4v) is 2.01. The maximum absolute atomic E-state index is 12.0. The largest absolute Gasteiger partial charge is 0.480 e. The second-order valence-electron chi connectivity index (χ2n) is 3.90. The van der Waals surface area contributed by atoms with E-state index in [-0.39, 0.29) is 12.5 Å². The highest BCUT2D eigenvalue weighted by Crippen LogP contribution is 2.20. The number of halogens is 2. The fourth-order valence-electron chi connectivity index (χ4n) is 1.49. The van der Waals surface area contributed by atoms with Gasteiger partial charge in [0, 0.05) is 15.3 Å². The number of carbonyl (C=O) groups is 2. The van der Waals surface area contributed by atoms with E-state index in [1.807, 2.05) is 0 Å². The van der Waals surface area contributed by atoms with Crippen LogP contribution in [0, 0.1) is 3.57 Å². The van der Waals surface area contributed by atoms with Crippen LogP contribution < -0.4 is 5.32 Å². The molecule has 104 valence electrons. The molecule has 0 aliphatic rings. The minimum Gasteiger partial charge on any atom is -0.480 e. The molecule has 0 saturated heterocycles. The number of anilines is 1.